The quantitative estimate of drug-likeness (QED) is 0.519. The smallest absolute Gasteiger partial charge is 0.275 e. The number of carbonyl (C=O) groups excluding carboxylic acids is 1. The van der Waals surface area contributed by atoms with Gasteiger partial charge in [-0.25, -0.2) is 4.98 Å². The second kappa shape index (κ2) is 8.16. The SMILES string of the molecule is O=C(COc1ccccc1Cl)Nc1ccccc1-c1nc2ccccc2[nH]c1=O. The van der Waals surface area contributed by atoms with Gasteiger partial charge in [0.15, 0.2) is 6.61 Å². The van der Waals surface area contributed by atoms with Gasteiger partial charge in [0.05, 0.1) is 21.7 Å². The van der Waals surface area contributed by atoms with Crippen LogP contribution >= 0.6 is 11.6 Å². The van der Waals surface area contributed by atoms with E-state index in [1.54, 1.807) is 54.6 Å². The summed E-state index contributed by atoms with van der Waals surface area (Å²) in [7, 11) is 0. The number of amides is 1. The van der Waals surface area contributed by atoms with Gasteiger partial charge in [-0.3, -0.25) is 9.59 Å². The van der Waals surface area contributed by atoms with Crippen LogP contribution in [0.2, 0.25) is 5.02 Å². The Labute approximate surface area is 171 Å². The molecular weight excluding hydrogens is 390 g/mol. The van der Waals surface area contributed by atoms with E-state index >= 15 is 0 Å². The second-order valence-corrected chi connectivity index (χ2v) is 6.65. The summed E-state index contributed by atoms with van der Waals surface area (Å²) in [6, 6.07) is 21.2. The molecule has 0 spiro atoms. The molecule has 1 aromatic heterocycles. The lowest BCUT2D eigenvalue weighted by Crippen LogP contribution is -2.21. The zero-order valence-electron chi connectivity index (χ0n) is 15.2. The van der Waals surface area contributed by atoms with Crippen molar-refractivity contribution in [1.82, 2.24) is 9.97 Å². The summed E-state index contributed by atoms with van der Waals surface area (Å²) < 4.78 is 5.47. The van der Waals surface area contributed by atoms with Gasteiger partial charge in [-0.15, -0.1) is 0 Å². The lowest BCUT2D eigenvalue weighted by Gasteiger charge is -2.12. The molecule has 0 aliphatic rings. The first-order valence-electron chi connectivity index (χ1n) is 8.87. The standard InChI is InChI=1S/C22H16ClN3O3/c23-15-8-2-6-12-19(15)29-13-20(27)24-16-9-3-1-7-14(16)21-22(28)26-18-11-5-4-10-17(18)25-21/h1-12H,13H2,(H,24,27)(H,26,28). The molecule has 0 unspecified atom stereocenters. The van der Waals surface area contributed by atoms with Gasteiger partial charge in [0.1, 0.15) is 11.4 Å². The molecule has 0 atom stereocenters. The van der Waals surface area contributed by atoms with E-state index in [-0.39, 0.29) is 23.8 Å². The molecule has 0 aliphatic heterocycles. The molecule has 3 aromatic carbocycles. The molecule has 144 valence electrons. The number of para-hydroxylation sites is 4. The fourth-order valence-electron chi connectivity index (χ4n) is 2.90. The minimum Gasteiger partial charge on any atom is -0.482 e. The molecule has 0 radical (unpaired) electrons. The first-order chi connectivity index (χ1) is 14.1. The van der Waals surface area contributed by atoms with Crippen molar-refractivity contribution in [2.45, 2.75) is 0 Å². The Hall–Kier alpha value is -3.64. The van der Waals surface area contributed by atoms with Crippen molar-refractivity contribution in [3.63, 3.8) is 0 Å². The number of H-pyrrole nitrogens is 1. The Balaban J connectivity index is 1.59. The number of ether oxygens (including phenoxy) is 1. The highest BCUT2D eigenvalue weighted by atomic mass is 35.5. The Morgan fingerprint density at radius 2 is 1.72 bits per heavy atom. The number of halogens is 1. The maximum Gasteiger partial charge on any atom is 0.275 e. The molecule has 1 heterocycles. The van der Waals surface area contributed by atoms with Crippen molar-refractivity contribution in [3.05, 3.63) is 88.2 Å². The van der Waals surface area contributed by atoms with Crippen LogP contribution in [0, 0.1) is 0 Å². The molecule has 4 rings (SSSR count). The zero-order chi connectivity index (χ0) is 20.2. The Morgan fingerprint density at radius 1 is 1.00 bits per heavy atom. The maximum atomic E-state index is 12.5. The van der Waals surface area contributed by atoms with E-state index in [0.717, 1.165) is 0 Å². The summed E-state index contributed by atoms with van der Waals surface area (Å²) in [4.78, 5) is 32.2. The van der Waals surface area contributed by atoms with Gasteiger partial charge in [-0.05, 0) is 30.3 Å². The Bertz CT molecular complexity index is 1250. The molecule has 0 saturated heterocycles. The van der Waals surface area contributed by atoms with Gasteiger partial charge in [0.2, 0.25) is 0 Å². The second-order valence-electron chi connectivity index (χ2n) is 6.24. The number of fused-ring (bicyclic) bond motifs is 1. The van der Waals surface area contributed by atoms with Crippen molar-refractivity contribution >= 4 is 34.2 Å². The molecule has 0 bridgehead atoms. The molecule has 0 fully saturated rings. The van der Waals surface area contributed by atoms with Crippen molar-refractivity contribution in [2.75, 3.05) is 11.9 Å². The third-order valence-electron chi connectivity index (χ3n) is 4.25. The highest BCUT2D eigenvalue weighted by Gasteiger charge is 2.14. The highest BCUT2D eigenvalue weighted by molar-refractivity contribution is 6.32. The summed E-state index contributed by atoms with van der Waals surface area (Å²) >= 11 is 6.04. The van der Waals surface area contributed by atoms with Gasteiger partial charge in [0.25, 0.3) is 11.5 Å². The number of nitrogens with zero attached hydrogens (tertiary/aromatic N) is 1. The lowest BCUT2D eigenvalue weighted by atomic mass is 10.1. The van der Waals surface area contributed by atoms with Crippen LogP contribution < -0.4 is 15.6 Å². The molecule has 2 N–H and O–H groups in total. The number of aromatic nitrogens is 2. The number of nitrogens with one attached hydrogen (secondary N) is 2. The highest BCUT2D eigenvalue weighted by Crippen LogP contribution is 2.26. The fourth-order valence-corrected chi connectivity index (χ4v) is 3.09. The molecule has 6 nitrogen and oxygen atoms in total. The summed E-state index contributed by atoms with van der Waals surface area (Å²) in [6.07, 6.45) is 0. The largest absolute Gasteiger partial charge is 0.482 e. The summed E-state index contributed by atoms with van der Waals surface area (Å²) in [5.41, 5.74) is 2.18. The molecule has 0 saturated carbocycles. The van der Waals surface area contributed by atoms with Crippen molar-refractivity contribution in [3.8, 4) is 17.0 Å². The number of hydrogen-bond donors (Lipinski definition) is 2. The summed E-state index contributed by atoms with van der Waals surface area (Å²) in [6.45, 7) is -0.223. The predicted octanol–water partition coefficient (Wildman–Crippen LogP) is 4.26. The van der Waals surface area contributed by atoms with Crippen molar-refractivity contribution < 1.29 is 9.53 Å². The van der Waals surface area contributed by atoms with Gasteiger partial charge in [-0.2, -0.15) is 0 Å². The molecule has 1 amide bonds. The molecule has 29 heavy (non-hydrogen) atoms. The van der Waals surface area contributed by atoms with Gasteiger partial charge in [0, 0.05) is 5.56 Å². The lowest BCUT2D eigenvalue weighted by molar-refractivity contribution is -0.118. The first kappa shape index (κ1) is 18.7. The predicted molar refractivity (Wildman–Crippen MR) is 113 cm³/mol. The van der Waals surface area contributed by atoms with E-state index in [2.05, 4.69) is 15.3 Å². The number of aromatic amines is 1. The van der Waals surface area contributed by atoms with E-state index in [1.165, 1.54) is 0 Å². The average Bonchev–Trinajstić information content (AvgIpc) is 2.73. The van der Waals surface area contributed by atoms with Crippen LogP contribution in [-0.4, -0.2) is 22.5 Å². The number of hydrogen-bond acceptors (Lipinski definition) is 4. The van der Waals surface area contributed by atoms with E-state index < -0.39 is 0 Å². The van der Waals surface area contributed by atoms with E-state index in [1.807, 2.05) is 18.2 Å². The van der Waals surface area contributed by atoms with Crippen LogP contribution in [0.25, 0.3) is 22.3 Å². The Kier molecular flexibility index (Phi) is 5.27. The van der Waals surface area contributed by atoms with Crippen molar-refractivity contribution in [2.24, 2.45) is 0 Å². The molecule has 7 heteroatoms. The zero-order valence-corrected chi connectivity index (χ0v) is 15.9. The third-order valence-corrected chi connectivity index (χ3v) is 4.56. The number of carbonyl (C=O) groups is 1. The van der Waals surface area contributed by atoms with E-state index in [0.29, 0.717) is 33.1 Å². The van der Waals surface area contributed by atoms with E-state index in [4.69, 9.17) is 16.3 Å². The van der Waals surface area contributed by atoms with Gasteiger partial charge < -0.3 is 15.0 Å². The normalized spacial score (nSPS) is 10.7. The summed E-state index contributed by atoms with van der Waals surface area (Å²) in [5.74, 6) is 0.0415. The fraction of sp³-hybridized carbons (Fsp3) is 0.0455. The molecule has 0 aliphatic carbocycles. The van der Waals surface area contributed by atoms with Gasteiger partial charge >= 0.3 is 0 Å². The number of anilines is 1. The molecular formula is C22H16ClN3O3. The van der Waals surface area contributed by atoms with Crippen molar-refractivity contribution in [1.29, 1.82) is 0 Å². The minimum absolute atomic E-state index is 0.223. The van der Waals surface area contributed by atoms with Crippen LogP contribution in [0.4, 0.5) is 5.69 Å². The topological polar surface area (TPSA) is 84.1 Å². The number of rotatable bonds is 5. The van der Waals surface area contributed by atoms with Crippen LogP contribution in [-0.2, 0) is 4.79 Å². The third kappa shape index (κ3) is 4.12. The maximum absolute atomic E-state index is 12.5. The summed E-state index contributed by atoms with van der Waals surface area (Å²) in [5, 5.41) is 3.20. The van der Waals surface area contributed by atoms with Crippen LogP contribution in [0.1, 0.15) is 0 Å². The first-order valence-corrected chi connectivity index (χ1v) is 9.25. The van der Waals surface area contributed by atoms with E-state index in [9.17, 15) is 9.59 Å². The molecule has 4 aromatic rings. The number of benzene rings is 3. The minimum atomic E-state index is -0.380. The van der Waals surface area contributed by atoms with Crippen LogP contribution in [0.5, 0.6) is 5.75 Å². The van der Waals surface area contributed by atoms with Crippen LogP contribution in [0.3, 0.4) is 0 Å². The average molecular weight is 406 g/mol. The van der Waals surface area contributed by atoms with Crippen LogP contribution in [0.15, 0.2) is 77.6 Å². The van der Waals surface area contributed by atoms with Gasteiger partial charge in [-0.1, -0.05) is 54.1 Å². The monoisotopic (exact) mass is 405 g/mol. The Morgan fingerprint density at radius 3 is 2.59 bits per heavy atom.